The first kappa shape index (κ1) is 23.3. The Bertz CT molecular complexity index is 989. The van der Waals surface area contributed by atoms with Gasteiger partial charge in [0.2, 0.25) is 0 Å². The third-order valence-electron chi connectivity index (χ3n) is 3.94. The first-order chi connectivity index (χ1) is 13.5. The second-order valence-electron chi connectivity index (χ2n) is 6.87. The van der Waals surface area contributed by atoms with E-state index < -0.39 is 25.9 Å². The number of hydrogen-bond donors (Lipinski definition) is 2. The maximum absolute atomic E-state index is 11.3. The van der Waals surface area contributed by atoms with Gasteiger partial charge < -0.3 is 0 Å². The van der Waals surface area contributed by atoms with Crippen LogP contribution in [0.25, 0.3) is 0 Å². The Morgan fingerprint density at radius 1 is 0.793 bits per heavy atom. The topological polar surface area (TPSA) is 105 Å². The minimum absolute atomic E-state index is 0.513. The van der Waals surface area contributed by atoms with E-state index in [1.54, 1.807) is 36.4 Å². The Morgan fingerprint density at radius 3 is 1.76 bits per heavy atom. The predicted molar refractivity (Wildman–Crippen MR) is 113 cm³/mol. The predicted octanol–water partition coefficient (Wildman–Crippen LogP) is 2.92. The van der Waals surface area contributed by atoms with Crippen molar-refractivity contribution < 1.29 is 20.1 Å². The van der Waals surface area contributed by atoms with Crippen LogP contribution in [0, 0.1) is 0 Å². The number of nitrogens with zero attached hydrogens (tertiary/aromatic N) is 1. The molecule has 0 amide bonds. The molecule has 0 spiro atoms. The molecule has 0 saturated carbocycles. The Balaban J connectivity index is 1.71. The molecule has 10 heteroatoms. The van der Waals surface area contributed by atoms with Crippen LogP contribution in [0.3, 0.4) is 0 Å². The fourth-order valence-corrected chi connectivity index (χ4v) is 4.91. The van der Waals surface area contributed by atoms with Crippen molar-refractivity contribution >= 4 is 37.2 Å². The summed E-state index contributed by atoms with van der Waals surface area (Å²) in [5, 5.41) is 0. The van der Waals surface area contributed by atoms with E-state index in [2.05, 4.69) is 13.6 Å². The molecule has 2 aromatic carbocycles. The molecule has 0 unspecified atom stereocenters. The van der Waals surface area contributed by atoms with Crippen LogP contribution in [0.1, 0.15) is 5.56 Å². The van der Waals surface area contributed by atoms with Gasteiger partial charge in [0.15, 0.2) is 0 Å². The average Bonchev–Trinajstić information content (AvgIpc) is 2.60. The van der Waals surface area contributed by atoms with Gasteiger partial charge in [0.25, 0.3) is 0 Å². The number of likely N-dealkylation sites (N-methyl/N-ethyl adjacent to an activating group) is 1. The van der Waals surface area contributed by atoms with E-state index in [-0.39, 0.29) is 0 Å². The molecular formula is C19H27N3O5Se2. The zero-order valence-electron chi connectivity index (χ0n) is 16.8. The number of hydrogen-bond acceptors (Lipinski definition) is 6. The van der Waals surface area contributed by atoms with Crippen LogP contribution in [-0.2, 0) is 21.8 Å². The van der Waals surface area contributed by atoms with Crippen molar-refractivity contribution in [3.63, 3.8) is 0 Å². The molecule has 0 aliphatic heterocycles. The summed E-state index contributed by atoms with van der Waals surface area (Å²) in [4.78, 5) is 2.15. The second-order valence-corrected chi connectivity index (χ2v) is 14.2. The fourth-order valence-electron chi connectivity index (χ4n) is 2.54. The molecule has 0 aromatic heterocycles. The zero-order valence-corrected chi connectivity index (χ0v) is 20.2. The van der Waals surface area contributed by atoms with Gasteiger partial charge in [-0.05, 0) is 0 Å². The van der Waals surface area contributed by atoms with Crippen LogP contribution < -0.4 is 13.4 Å². The molecule has 0 aliphatic carbocycles. The van der Waals surface area contributed by atoms with Gasteiger partial charge in [-0.15, -0.1) is 0 Å². The molecule has 0 aliphatic rings. The number of anilines is 2. The van der Waals surface area contributed by atoms with Crippen molar-refractivity contribution in [1.29, 1.82) is 0 Å². The molecule has 0 heterocycles. The summed E-state index contributed by atoms with van der Waals surface area (Å²) in [6.45, 7) is 2.09. The third kappa shape index (κ3) is 9.87. The Morgan fingerprint density at radius 2 is 1.28 bits per heavy atom. The normalized spacial score (nSPS) is 12.0. The van der Waals surface area contributed by atoms with Crippen molar-refractivity contribution in [2.45, 2.75) is 18.1 Å². The Hall–Kier alpha value is -1.96. The van der Waals surface area contributed by atoms with Crippen LogP contribution in [0.15, 0.2) is 48.5 Å². The van der Waals surface area contributed by atoms with Gasteiger partial charge in [0.05, 0.1) is 0 Å². The van der Waals surface area contributed by atoms with Gasteiger partial charge in [-0.3, -0.25) is 0 Å². The summed E-state index contributed by atoms with van der Waals surface area (Å²) in [6, 6.07) is 14.2. The molecule has 0 fully saturated rings. The van der Waals surface area contributed by atoms with Crippen molar-refractivity contribution in [1.82, 2.24) is 4.90 Å². The van der Waals surface area contributed by atoms with Crippen molar-refractivity contribution in [3.8, 4) is 5.75 Å². The first-order valence-corrected chi connectivity index (χ1v) is 16.9. The summed E-state index contributed by atoms with van der Waals surface area (Å²) >= 11 is -7.99. The van der Waals surface area contributed by atoms with E-state index in [1.165, 1.54) is 11.6 Å². The molecule has 8 nitrogen and oxygen atoms in total. The van der Waals surface area contributed by atoms with Crippen LogP contribution >= 0.6 is 0 Å². The quantitative estimate of drug-likeness (QED) is 0.424. The number of benzene rings is 2. The van der Waals surface area contributed by atoms with E-state index in [0.29, 0.717) is 23.7 Å². The molecule has 0 radical (unpaired) electrons. The first-order valence-electron chi connectivity index (χ1n) is 8.96. The van der Waals surface area contributed by atoms with E-state index in [1.807, 2.05) is 19.2 Å². The standard InChI is InChI=1S/C19H27N3O5Se2/c1-22(13-12-16-4-6-17(7-5-16)20-28(2,23)24)14-15-27-19-10-8-18(9-11-19)21-29(3,25)26/h4-11,20-21H,12-15H2,1-3H3. The second kappa shape index (κ2) is 10.2. The number of nitrogens with one attached hydrogen (secondary N) is 2. The molecule has 29 heavy (non-hydrogen) atoms. The van der Waals surface area contributed by atoms with E-state index in [0.717, 1.165) is 25.1 Å². The van der Waals surface area contributed by atoms with E-state index in [4.69, 9.17) is 4.74 Å². The minimum atomic E-state index is -4.01. The zero-order chi connectivity index (χ0) is 21.5. The number of ether oxygens (including phenoxy) is 1. The van der Waals surface area contributed by atoms with Crippen LogP contribution in [0.5, 0.6) is 5.75 Å². The van der Waals surface area contributed by atoms with Gasteiger partial charge in [-0.2, -0.15) is 0 Å². The Labute approximate surface area is 175 Å². The summed E-state index contributed by atoms with van der Waals surface area (Å²) in [6.07, 6.45) is 0.843. The van der Waals surface area contributed by atoms with Gasteiger partial charge in [0, 0.05) is 0 Å². The molecule has 2 aromatic rings. The summed E-state index contributed by atoms with van der Waals surface area (Å²) in [5.74, 6) is 3.06. The summed E-state index contributed by atoms with van der Waals surface area (Å²) in [5.41, 5.74) is 2.24. The summed E-state index contributed by atoms with van der Waals surface area (Å²) < 4.78 is 55.8. The van der Waals surface area contributed by atoms with Crippen molar-refractivity contribution in [2.75, 3.05) is 35.4 Å². The fraction of sp³-hybridized carbons (Fsp3) is 0.368. The third-order valence-corrected chi connectivity index (χ3v) is 6.48. The number of rotatable bonds is 11. The van der Waals surface area contributed by atoms with Gasteiger partial charge in [-0.1, -0.05) is 0 Å². The molecule has 2 N–H and O–H groups in total. The van der Waals surface area contributed by atoms with Gasteiger partial charge in [0.1, 0.15) is 0 Å². The van der Waals surface area contributed by atoms with Crippen LogP contribution in [0.4, 0.5) is 11.4 Å². The van der Waals surface area contributed by atoms with Gasteiger partial charge in [-0.25, -0.2) is 0 Å². The van der Waals surface area contributed by atoms with E-state index in [9.17, 15) is 15.3 Å². The summed E-state index contributed by atoms with van der Waals surface area (Å²) in [7, 11) is 2.01. The van der Waals surface area contributed by atoms with Crippen LogP contribution in [0.2, 0.25) is 11.6 Å². The molecule has 2 rings (SSSR count). The molecule has 0 atom stereocenters. The SMILES string of the molecule is CN(CCOc1ccc(N[Se](C)(=O)=O)cc1)CCc1ccc(N[Se](C)(=O)=O)cc1. The van der Waals surface area contributed by atoms with Gasteiger partial charge >= 0.3 is 176 Å². The Kier molecular flexibility index (Phi) is 8.19. The molecule has 160 valence electrons. The van der Waals surface area contributed by atoms with Crippen LogP contribution in [-0.4, -0.2) is 57.5 Å². The maximum atomic E-state index is 11.3. The van der Waals surface area contributed by atoms with Crippen molar-refractivity contribution in [3.05, 3.63) is 54.1 Å². The monoisotopic (exact) mass is 537 g/mol. The van der Waals surface area contributed by atoms with E-state index >= 15 is 0 Å². The average molecular weight is 535 g/mol. The van der Waals surface area contributed by atoms with Crippen molar-refractivity contribution in [2.24, 2.45) is 0 Å². The molecule has 0 saturated heterocycles. The molecule has 0 bridgehead atoms. The molecular weight excluding hydrogens is 508 g/mol.